The van der Waals surface area contributed by atoms with Crippen LogP contribution >= 0.6 is 0 Å². The smallest absolute Gasteiger partial charge is 0.271 e. The number of phenolic OH excluding ortho intramolecular Hbond substituents is 1. The van der Waals surface area contributed by atoms with Crippen molar-refractivity contribution >= 4 is 29.3 Å². The molecular weight excluding hydrogens is 491 g/mol. The van der Waals surface area contributed by atoms with Crippen molar-refractivity contribution in [1.82, 2.24) is 0 Å². The van der Waals surface area contributed by atoms with Crippen molar-refractivity contribution < 1.29 is 28.7 Å². The maximum atomic E-state index is 13.7. The van der Waals surface area contributed by atoms with Gasteiger partial charge in [-0.25, -0.2) is 9.29 Å². The van der Waals surface area contributed by atoms with Crippen molar-refractivity contribution in [2.24, 2.45) is 17.8 Å². The molecule has 2 heterocycles. The Morgan fingerprint density at radius 2 is 2.00 bits per heavy atom. The second-order valence-corrected chi connectivity index (χ2v) is 10.2. The van der Waals surface area contributed by atoms with Gasteiger partial charge in [-0.15, -0.1) is 0 Å². The van der Waals surface area contributed by atoms with Gasteiger partial charge in [0, 0.05) is 18.1 Å². The quantitative estimate of drug-likeness (QED) is 0.222. The van der Waals surface area contributed by atoms with Gasteiger partial charge in [0.05, 0.1) is 35.2 Å². The lowest BCUT2D eigenvalue weighted by Crippen LogP contribution is -2.34. The van der Waals surface area contributed by atoms with E-state index in [9.17, 15) is 29.2 Å². The number of hydrogen-bond donors (Lipinski definition) is 1. The number of nitro groups is 1. The number of fused-ring (bicyclic) bond motifs is 3. The maximum Gasteiger partial charge on any atom is 0.271 e. The van der Waals surface area contributed by atoms with Crippen molar-refractivity contribution in [2.45, 2.75) is 45.6 Å². The summed E-state index contributed by atoms with van der Waals surface area (Å²) >= 11 is 0. The summed E-state index contributed by atoms with van der Waals surface area (Å²) in [6.07, 6.45) is 4.30. The molecule has 9 heteroatoms. The molecule has 0 radical (unpaired) electrons. The monoisotopic (exact) mass is 520 g/mol. The molecule has 198 valence electrons. The molecule has 4 atom stereocenters. The van der Waals surface area contributed by atoms with E-state index in [1.807, 2.05) is 19.9 Å². The topological polar surface area (TPSA) is 110 Å². The van der Waals surface area contributed by atoms with Gasteiger partial charge in [-0.05, 0) is 61.9 Å². The molecule has 0 unspecified atom stereocenters. The van der Waals surface area contributed by atoms with Gasteiger partial charge < -0.3 is 9.84 Å². The second-order valence-electron chi connectivity index (χ2n) is 10.2. The highest BCUT2D eigenvalue weighted by molar-refractivity contribution is 6.22. The van der Waals surface area contributed by atoms with Crippen LogP contribution in [0.25, 0.3) is 6.08 Å². The largest absolute Gasteiger partial charge is 0.505 e. The number of anilines is 1. The molecule has 38 heavy (non-hydrogen) atoms. The average Bonchev–Trinajstić information content (AvgIpc) is 3.43. The number of phenols is 1. The van der Waals surface area contributed by atoms with Gasteiger partial charge in [-0.1, -0.05) is 36.3 Å². The summed E-state index contributed by atoms with van der Waals surface area (Å²) in [6, 6.07) is 9.90. The van der Waals surface area contributed by atoms with Crippen LogP contribution in [0.3, 0.4) is 0 Å². The first kappa shape index (κ1) is 25.8. The Balaban J connectivity index is 1.35. The number of ether oxygens (including phenoxy) is 1. The third kappa shape index (κ3) is 4.51. The van der Waals surface area contributed by atoms with Crippen molar-refractivity contribution in [3.8, 4) is 5.75 Å². The first-order chi connectivity index (χ1) is 18.2. The van der Waals surface area contributed by atoms with E-state index in [1.54, 1.807) is 12.1 Å². The molecule has 0 spiro atoms. The second kappa shape index (κ2) is 10.1. The summed E-state index contributed by atoms with van der Waals surface area (Å²) in [5, 5.41) is 20.7. The summed E-state index contributed by atoms with van der Waals surface area (Å²) < 4.78 is 19.9. The third-order valence-electron chi connectivity index (χ3n) is 7.92. The van der Waals surface area contributed by atoms with Gasteiger partial charge >= 0.3 is 0 Å². The van der Waals surface area contributed by atoms with Crippen molar-refractivity contribution in [1.29, 1.82) is 0 Å². The van der Waals surface area contributed by atoms with Gasteiger partial charge in [-0.3, -0.25) is 19.7 Å². The molecular formula is C29H29FN2O6. The zero-order chi connectivity index (χ0) is 27.1. The summed E-state index contributed by atoms with van der Waals surface area (Å²) in [7, 11) is 0. The molecule has 2 fully saturated rings. The molecule has 2 aromatic rings. The number of nitrogens with zero attached hydrogens (tertiary/aromatic N) is 2. The molecule has 2 saturated heterocycles. The minimum Gasteiger partial charge on any atom is -0.505 e. The minimum atomic E-state index is -0.669. The lowest BCUT2D eigenvalue weighted by atomic mass is 9.69. The maximum absolute atomic E-state index is 13.7. The molecule has 2 amide bonds. The van der Waals surface area contributed by atoms with Crippen LogP contribution in [0.15, 0.2) is 59.2 Å². The van der Waals surface area contributed by atoms with Crippen molar-refractivity contribution in [2.75, 3.05) is 11.5 Å². The zero-order valence-electron chi connectivity index (χ0n) is 21.2. The number of carbonyl (C=O) groups is 2. The van der Waals surface area contributed by atoms with Crippen LogP contribution in [-0.4, -0.2) is 34.6 Å². The van der Waals surface area contributed by atoms with E-state index >= 15 is 0 Å². The number of benzene rings is 2. The predicted octanol–water partition coefficient (Wildman–Crippen LogP) is 5.55. The van der Waals surface area contributed by atoms with E-state index in [4.69, 9.17) is 4.74 Å². The number of nitro benzene ring substituents is 1. The number of aromatic hydroxyl groups is 1. The zero-order valence-corrected chi connectivity index (χ0v) is 21.2. The Morgan fingerprint density at radius 3 is 2.71 bits per heavy atom. The van der Waals surface area contributed by atoms with Gasteiger partial charge in [0.25, 0.3) is 5.69 Å². The highest BCUT2D eigenvalue weighted by Crippen LogP contribution is 2.51. The van der Waals surface area contributed by atoms with Crippen molar-refractivity contribution in [3.05, 3.63) is 80.7 Å². The Labute approximate surface area is 219 Å². The highest BCUT2D eigenvalue weighted by atomic mass is 19.1. The number of non-ortho nitro benzene ring substituents is 1. The van der Waals surface area contributed by atoms with Crippen LogP contribution in [0.1, 0.15) is 45.1 Å². The fraction of sp³-hybridized carbons (Fsp3) is 0.379. The van der Waals surface area contributed by atoms with Crippen molar-refractivity contribution in [3.63, 3.8) is 0 Å². The van der Waals surface area contributed by atoms with Crippen LogP contribution in [0.2, 0.25) is 0 Å². The van der Waals surface area contributed by atoms with E-state index in [0.29, 0.717) is 31.4 Å². The average molecular weight is 521 g/mol. The molecule has 0 aromatic heterocycles. The first-order valence-electron chi connectivity index (χ1n) is 12.8. The number of amides is 2. The number of halogens is 1. The number of carbonyl (C=O) groups excluding carboxylic acids is 2. The Morgan fingerprint density at radius 1 is 1.21 bits per heavy atom. The van der Waals surface area contributed by atoms with E-state index < -0.39 is 22.6 Å². The summed E-state index contributed by atoms with van der Waals surface area (Å²) in [5.41, 5.74) is 3.99. The van der Waals surface area contributed by atoms with Crippen LogP contribution in [0.5, 0.6) is 5.75 Å². The van der Waals surface area contributed by atoms with Crippen LogP contribution in [0, 0.1) is 33.7 Å². The summed E-state index contributed by atoms with van der Waals surface area (Å²) in [4.78, 5) is 38.8. The summed E-state index contributed by atoms with van der Waals surface area (Å²) in [5.74, 6) is -2.94. The fourth-order valence-corrected chi connectivity index (χ4v) is 6.14. The molecule has 2 aliphatic heterocycles. The lowest BCUT2D eigenvalue weighted by Gasteiger charge is -2.31. The normalized spacial score (nSPS) is 25.1. The number of allylic oxidation sites excluding steroid dienone is 2. The molecule has 0 saturated carbocycles. The highest BCUT2D eigenvalue weighted by Gasteiger charge is 2.57. The molecule has 1 aliphatic carbocycles. The third-order valence-corrected chi connectivity index (χ3v) is 7.92. The number of hydrogen-bond acceptors (Lipinski definition) is 6. The molecule has 8 nitrogen and oxygen atoms in total. The minimum absolute atomic E-state index is 0.172. The number of imide groups is 1. The van der Waals surface area contributed by atoms with Crippen LogP contribution in [-0.2, 0) is 14.3 Å². The SMILES string of the molecule is CCC1=C2[C@@H](CC/C(C)=C/c3ccc(O)c(F)c3)OC[C@@H]2[C@@H]2C(=O)N(c3cccc([N+](=O)[O-])c3)C(=O)[C@@H]2C1. The number of rotatable bonds is 7. The molecule has 5 rings (SSSR count). The predicted molar refractivity (Wildman–Crippen MR) is 139 cm³/mol. The van der Waals surface area contributed by atoms with Gasteiger partial charge in [0.2, 0.25) is 11.8 Å². The Hall–Kier alpha value is -3.85. The molecule has 2 aromatic carbocycles. The van der Waals surface area contributed by atoms with E-state index in [-0.39, 0.29) is 41.0 Å². The molecule has 0 bridgehead atoms. The van der Waals surface area contributed by atoms with E-state index in [0.717, 1.165) is 28.0 Å². The molecule has 3 aliphatic rings. The van der Waals surface area contributed by atoms with Gasteiger partial charge in [-0.2, -0.15) is 0 Å². The van der Waals surface area contributed by atoms with Crippen LogP contribution in [0.4, 0.5) is 15.8 Å². The Kier molecular flexibility index (Phi) is 6.88. The van der Waals surface area contributed by atoms with Crippen LogP contribution < -0.4 is 4.90 Å². The van der Waals surface area contributed by atoms with Gasteiger partial charge in [0.15, 0.2) is 11.6 Å². The first-order valence-corrected chi connectivity index (χ1v) is 12.8. The van der Waals surface area contributed by atoms with E-state index in [1.165, 1.54) is 30.3 Å². The molecule has 1 N–H and O–H groups in total. The van der Waals surface area contributed by atoms with E-state index in [2.05, 4.69) is 0 Å². The standard InChI is InChI=1S/C29H29FN2O6/c1-3-18-13-21-27(29(35)31(28(21)34)19-5-4-6-20(14-19)32(36)37)22-15-38-25(26(18)22)10-7-16(2)11-17-8-9-24(33)23(30)12-17/h4-6,8-9,11-12,14,21-22,25,27,33H,3,7,10,13,15H2,1-2H3/b16-11+/t21-,22+,25-,27-/m1/s1. The Bertz CT molecular complexity index is 1380. The fourth-order valence-electron chi connectivity index (χ4n) is 6.14. The summed E-state index contributed by atoms with van der Waals surface area (Å²) in [6.45, 7) is 4.34. The van der Waals surface area contributed by atoms with Gasteiger partial charge in [0.1, 0.15) is 0 Å². The lowest BCUT2D eigenvalue weighted by molar-refractivity contribution is -0.384.